The largest absolute Gasteiger partial charge is 0.389 e. The molecule has 100 valence electrons. The van der Waals surface area contributed by atoms with Crippen molar-refractivity contribution in [1.82, 2.24) is 4.90 Å². The summed E-state index contributed by atoms with van der Waals surface area (Å²) in [6.45, 7) is 5.90. The Labute approximate surface area is 105 Å². The van der Waals surface area contributed by atoms with Gasteiger partial charge in [0.2, 0.25) is 0 Å². The van der Waals surface area contributed by atoms with Gasteiger partial charge in [0.1, 0.15) is 0 Å². The number of β-amino-alcohol motifs (C(OH)–C–C–N with tert-alkyl or cyclic N) is 1. The molecule has 1 heterocycles. The van der Waals surface area contributed by atoms with Crippen LogP contribution in [0.25, 0.3) is 0 Å². The monoisotopic (exact) mass is 241 g/mol. The molecule has 2 aliphatic rings. The Hall–Kier alpha value is -0.120. The molecule has 0 aromatic heterocycles. The van der Waals surface area contributed by atoms with Gasteiger partial charge in [-0.1, -0.05) is 32.6 Å². The summed E-state index contributed by atoms with van der Waals surface area (Å²) in [7, 11) is 0. The first-order valence-electron chi connectivity index (χ1n) is 7.28. The molecule has 0 aromatic rings. The minimum Gasteiger partial charge on any atom is -0.389 e. The Kier molecular flexibility index (Phi) is 4.83. The quantitative estimate of drug-likeness (QED) is 0.819. The van der Waals surface area contributed by atoms with Crippen LogP contribution in [0.15, 0.2) is 0 Å². The number of hydrogen-bond donors (Lipinski definition) is 1. The lowest BCUT2D eigenvalue weighted by Crippen LogP contribution is -2.50. The number of hydrogen-bond acceptors (Lipinski definition) is 3. The molecular formula is C14H27NO2. The lowest BCUT2D eigenvalue weighted by Gasteiger charge is -2.40. The normalized spacial score (nSPS) is 30.4. The van der Waals surface area contributed by atoms with E-state index in [-0.39, 0.29) is 0 Å². The van der Waals surface area contributed by atoms with Gasteiger partial charge >= 0.3 is 0 Å². The first-order chi connectivity index (χ1) is 8.22. The lowest BCUT2D eigenvalue weighted by molar-refractivity contribution is -0.0771. The van der Waals surface area contributed by atoms with E-state index in [4.69, 9.17) is 4.74 Å². The van der Waals surface area contributed by atoms with Crippen molar-refractivity contribution < 1.29 is 9.84 Å². The Morgan fingerprint density at radius 1 is 1.29 bits per heavy atom. The molecule has 0 bridgehead atoms. The molecule has 1 N–H and O–H groups in total. The van der Waals surface area contributed by atoms with Gasteiger partial charge in [0.15, 0.2) is 0 Å². The van der Waals surface area contributed by atoms with E-state index >= 15 is 0 Å². The molecule has 3 nitrogen and oxygen atoms in total. The van der Waals surface area contributed by atoms with Gasteiger partial charge in [-0.25, -0.2) is 0 Å². The number of nitrogens with zero attached hydrogens (tertiary/aromatic N) is 1. The van der Waals surface area contributed by atoms with Gasteiger partial charge < -0.3 is 9.84 Å². The highest BCUT2D eigenvalue weighted by molar-refractivity contribution is 4.87. The molecule has 2 rings (SSSR count). The van der Waals surface area contributed by atoms with Crippen molar-refractivity contribution in [3.63, 3.8) is 0 Å². The smallest absolute Gasteiger partial charge is 0.0774 e. The predicted octanol–water partition coefficient (Wildman–Crippen LogP) is 2.18. The molecule has 2 fully saturated rings. The Morgan fingerprint density at radius 2 is 2.06 bits per heavy atom. The van der Waals surface area contributed by atoms with Crippen molar-refractivity contribution in [3.8, 4) is 0 Å². The van der Waals surface area contributed by atoms with Crippen LogP contribution in [-0.2, 0) is 4.74 Å². The average molecular weight is 241 g/mol. The topological polar surface area (TPSA) is 32.7 Å². The Bertz CT molecular complexity index is 224. The fourth-order valence-corrected chi connectivity index (χ4v) is 3.20. The highest BCUT2D eigenvalue weighted by Gasteiger charge is 2.33. The van der Waals surface area contributed by atoms with Crippen LogP contribution in [0, 0.1) is 0 Å². The van der Waals surface area contributed by atoms with Crippen molar-refractivity contribution in [2.24, 2.45) is 0 Å². The molecule has 1 saturated heterocycles. The molecule has 1 aliphatic heterocycles. The molecule has 1 unspecified atom stereocenters. The summed E-state index contributed by atoms with van der Waals surface area (Å²) in [6, 6.07) is 0. The van der Waals surface area contributed by atoms with Crippen molar-refractivity contribution in [3.05, 3.63) is 0 Å². The molecule has 0 radical (unpaired) electrons. The third kappa shape index (κ3) is 3.94. The third-order valence-electron chi connectivity index (χ3n) is 4.14. The fourth-order valence-electron chi connectivity index (χ4n) is 3.20. The molecule has 17 heavy (non-hydrogen) atoms. The van der Waals surface area contributed by atoms with E-state index in [1.165, 1.54) is 25.7 Å². The molecular weight excluding hydrogens is 214 g/mol. The van der Waals surface area contributed by atoms with Gasteiger partial charge in [0.25, 0.3) is 0 Å². The van der Waals surface area contributed by atoms with Gasteiger partial charge in [-0.3, -0.25) is 4.90 Å². The Balaban J connectivity index is 1.81. The predicted molar refractivity (Wildman–Crippen MR) is 69.1 cm³/mol. The van der Waals surface area contributed by atoms with Crippen LogP contribution < -0.4 is 0 Å². The first-order valence-corrected chi connectivity index (χ1v) is 7.28. The summed E-state index contributed by atoms with van der Waals surface area (Å²) in [4.78, 5) is 2.41. The molecule has 1 atom stereocenters. The summed E-state index contributed by atoms with van der Waals surface area (Å²) in [5.41, 5.74) is -0.410. The number of rotatable bonds is 4. The van der Waals surface area contributed by atoms with E-state index in [0.717, 1.165) is 45.5 Å². The molecule has 1 saturated carbocycles. The van der Waals surface area contributed by atoms with E-state index < -0.39 is 5.60 Å². The zero-order chi connectivity index (χ0) is 12.1. The van der Waals surface area contributed by atoms with Crippen LogP contribution in [0.5, 0.6) is 0 Å². The van der Waals surface area contributed by atoms with Gasteiger partial charge in [0.05, 0.1) is 18.3 Å². The number of ether oxygens (including phenoxy) is 1. The summed E-state index contributed by atoms with van der Waals surface area (Å²) >= 11 is 0. The van der Waals surface area contributed by atoms with E-state index in [0.29, 0.717) is 6.10 Å². The summed E-state index contributed by atoms with van der Waals surface area (Å²) < 4.78 is 5.75. The van der Waals surface area contributed by atoms with E-state index in [1.807, 2.05) is 0 Å². The maximum atomic E-state index is 10.6. The Morgan fingerprint density at radius 3 is 2.76 bits per heavy atom. The van der Waals surface area contributed by atoms with Gasteiger partial charge in [-0.15, -0.1) is 0 Å². The second-order valence-corrected chi connectivity index (χ2v) is 5.80. The lowest BCUT2D eigenvalue weighted by atomic mass is 9.84. The van der Waals surface area contributed by atoms with Gasteiger partial charge in [-0.05, 0) is 19.3 Å². The second kappa shape index (κ2) is 6.17. The molecule has 1 aliphatic carbocycles. The van der Waals surface area contributed by atoms with Crippen molar-refractivity contribution >= 4 is 0 Å². The highest BCUT2D eigenvalue weighted by atomic mass is 16.5. The standard InChI is InChI=1S/C14H27NO2/c1-2-6-13-11-15(9-10-17-13)12-14(16)7-4-3-5-8-14/h13,16H,2-12H2,1H3. The maximum absolute atomic E-state index is 10.6. The summed E-state index contributed by atoms with van der Waals surface area (Å²) in [5, 5.41) is 10.6. The van der Waals surface area contributed by atoms with E-state index in [2.05, 4.69) is 11.8 Å². The zero-order valence-corrected chi connectivity index (χ0v) is 11.2. The SMILES string of the molecule is CCCC1CN(CC2(O)CCCCC2)CCO1. The van der Waals surface area contributed by atoms with Crippen LogP contribution in [0.4, 0.5) is 0 Å². The molecule has 0 spiro atoms. The minimum absolute atomic E-state index is 0.390. The number of aliphatic hydroxyl groups is 1. The van der Waals surface area contributed by atoms with Crippen LogP contribution in [0.2, 0.25) is 0 Å². The first kappa shape index (κ1) is 13.3. The maximum Gasteiger partial charge on any atom is 0.0774 e. The summed E-state index contributed by atoms with van der Waals surface area (Å²) in [6.07, 6.45) is 8.38. The van der Waals surface area contributed by atoms with E-state index in [9.17, 15) is 5.11 Å². The second-order valence-electron chi connectivity index (χ2n) is 5.80. The average Bonchev–Trinajstić information content (AvgIpc) is 2.30. The fraction of sp³-hybridized carbons (Fsp3) is 1.00. The van der Waals surface area contributed by atoms with Gasteiger partial charge in [-0.2, -0.15) is 0 Å². The third-order valence-corrected chi connectivity index (χ3v) is 4.14. The highest BCUT2D eigenvalue weighted by Crippen LogP contribution is 2.29. The van der Waals surface area contributed by atoms with Crippen LogP contribution >= 0.6 is 0 Å². The van der Waals surface area contributed by atoms with E-state index in [1.54, 1.807) is 0 Å². The van der Waals surface area contributed by atoms with Crippen molar-refractivity contribution in [1.29, 1.82) is 0 Å². The van der Waals surface area contributed by atoms with Crippen molar-refractivity contribution in [2.45, 2.75) is 63.6 Å². The summed E-state index contributed by atoms with van der Waals surface area (Å²) in [5.74, 6) is 0. The van der Waals surface area contributed by atoms with Crippen LogP contribution in [0.3, 0.4) is 0 Å². The molecule has 0 amide bonds. The molecule has 0 aromatic carbocycles. The molecule has 3 heteroatoms. The van der Waals surface area contributed by atoms with Crippen molar-refractivity contribution in [2.75, 3.05) is 26.2 Å². The van der Waals surface area contributed by atoms with Crippen LogP contribution in [0.1, 0.15) is 51.9 Å². The van der Waals surface area contributed by atoms with Crippen LogP contribution in [-0.4, -0.2) is 48.0 Å². The minimum atomic E-state index is -0.410. The zero-order valence-electron chi connectivity index (χ0n) is 11.2. The number of morpholine rings is 1. The van der Waals surface area contributed by atoms with Gasteiger partial charge in [0, 0.05) is 19.6 Å².